The SMILES string of the molecule is Cc1cccc(CC(=O)N2CCN(c3ccc(NC(=O)COc4ccccc4)cc3)CC2)c1. The molecule has 3 aromatic carbocycles. The minimum absolute atomic E-state index is 0.0374. The molecule has 2 amide bonds. The van der Waals surface area contributed by atoms with E-state index in [9.17, 15) is 9.59 Å². The molecule has 4 rings (SSSR count). The lowest BCUT2D eigenvalue weighted by Crippen LogP contribution is -2.49. The van der Waals surface area contributed by atoms with Crippen molar-refractivity contribution in [3.05, 3.63) is 90.0 Å². The predicted molar refractivity (Wildman–Crippen MR) is 131 cm³/mol. The van der Waals surface area contributed by atoms with E-state index >= 15 is 0 Å². The van der Waals surface area contributed by atoms with Gasteiger partial charge in [-0.25, -0.2) is 0 Å². The normalized spacial score (nSPS) is 13.5. The van der Waals surface area contributed by atoms with Gasteiger partial charge < -0.3 is 19.9 Å². The van der Waals surface area contributed by atoms with Crippen molar-refractivity contribution < 1.29 is 14.3 Å². The first-order valence-electron chi connectivity index (χ1n) is 11.2. The molecular weight excluding hydrogens is 414 g/mol. The van der Waals surface area contributed by atoms with Gasteiger partial charge >= 0.3 is 0 Å². The van der Waals surface area contributed by atoms with Gasteiger partial charge in [-0.2, -0.15) is 0 Å². The zero-order chi connectivity index (χ0) is 23.0. The van der Waals surface area contributed by atoms with E-state index in [1.165, 1.54) is 5.56 Å². The molecule has 33 heavy (non-hydrogen) atoms. The standard InChI is InChI=1S/C27H29N3O3/c1-21-6-5-7-22(18-21)19-27(32)30-16-14-29(15-17-30)24-12-10-23(11-13-24)28-26(31)20-33-25-8-3-2-4-9-25/h2-13,18H,14-17,19-20H2,1H3,(H,28,31). The van der Waals surface area contributed by atoms with E-state index in [0.29, 0.717) is 25.3 Å². The van der Waals surface area contributed by atoms with Gasteiger partial charge in [0.2, 0.25) is 5.91 Å². The van der Waals surface area contributed by atoms with Gasteiger partial charge in [-0.1, -0.05) is 48.0 Å². The lowest BCUT2D eigenvalue weighted by atomic mass is 10.1. The lowest BCUT2D eigenvalue weighted by molar-refractivity contribution is -0.130. The van der Waals surface area contributed by atoms with Crippen molar-refractivity contribution in [1.82, 2.24) is 4.90 Å². The van der Waals surface area contributed by atoms with Gasteiger partial charge in [0.1, 0.15) is 5.75 Å². The van der Waals surface area contributed by atoms with Crippen LogP contribution in [0.25, 0.3) is 0 Å². The maximum atomic E-state index is 12.7. The number of nitrogens with zero attached hydrogens (tertiary/aromatic N) is 2. The number of para-hydroxylation sites is 1. The van der Waals surface area contributed by atoms with Crippen LogP contribution in [0.3, 0.4) is 0 Å². The highest BCUT2D eigenvalue weighted by Crippen LogP contribution is 2.20. The van der Waals surface area contributed by atoms with Gasteiger partial charge in [0.05, 0.1) is 6.42 Å². The molecule has 170 valence electrons. The fourth-order valence-electron chi connectivity index (χ4n) is 3.94. The quantitative estimate of drug-likeness (QED) is 0.602. The molecule has 1 fully saturated rings. The molecule has 0 atom stereocenters. The Kier molecular flexibility index (Phi) is 7.25. The third-order valence-electron chi connectivity index (χ3n) is 5.70. The highest BCUT2D eigenvalue weighted by molar-refractivity contribution is 5.92. The van der Waals surface area contributed by atoms with Crippen molar-refractivity contribution in [3.63, 3.8) is 0 Å². The molecule has 1 heterocycles. The summed E-state index contributed by atoms with van der Waals surface area (Å²) in [6, 6.07) is 25.2. The molecule has 1 aliphatic heterocycles. The van der Waals surface area contributed by atoms with Crippen molar-refractivity contribution in [3.8, 4) is 5.75 Å². The molecule has 0 radical (unpaired) electrons. The van der Waals surface area contributed by atoms with Crippen molar-refractivity contribution in [2.45, 2.75) is 13.3 Å². The summed E-state index contributed by atoms with van der Waals surface area (Å²) in [5.41, 5.74) is 4.05. The number of aryl methyl sites for hydroxylation is 1. The van der Waals surface area contributed by atoms with Crippen molar-refractivity contribution in [2.24, 2.45) is 0 Å². The average molecular weight is 444 g/mol. The molecule has 0 aliphatic carbocycles. The smallest absolute Gasteiger partial charge is 0.262 e. The maximum absolute atomic E-state index is 12.7. The summed E-state index contributed by atoms with van der Waals surface area (Å²) in [6.45, 7) is 5.00. The maximum Gasteiger partial charge on any atom is 0.262 e. The van der Waals surface area contributed by atoms with Crippen molar-refractivity contribution in [2.75, 3.05) is 43.0 Å². The minimum atomic E-state index is -0.202. The number of ether oxygens (including phenoxy) is 1. The first-order valence-corrected chi connectivity index (χ1v) is 11.2. The van der Waals surface area contributed by atoms with E-state index in [-0.39, 0.29) is 18.4 Å². The molecule has 0 bridgehead atoms. The zero-order valence-corrected chi connectivity index (χ0v) is 18.9. The van der Waals surface area contributed by atoms with E-state index in [1.807, 2.05) is 84.6 Å². The summed E-state index contributed by atoms with van der Waals surface area (Å²) in [4.78, 5) is 29.0. The minimum Gasteiger partial charge on any atom is -0.484 e. The zero-order valence-electron chi connectivity index (χ0n) is 18.9. The third-order valence-corrected chi connectivity index (χ3v) is 5.70. The Morgan fingerprint density at radius 1 is 0.879 bits per heavy atom. The van der Waals surface area contributed by atoms with Crippen LogP contribution in [0.2, 0.25) is 0 Å². The summed E-state index contributed by atoms with van der Waals surface area (Å²) in [5.74, 6) is 0.642. The number of carbonyl (C=O) groups is 2. The Morgan fingerprint density at radius 3 is 2.30 bits per heavy atom. The Bertz CT molecular complexity index is 1080. The second-order valence-corrected chi connectivity index (χ2v) is 8.23. The molecule has 0 spiro atoms. The number of amides is 2. The van der Waals surface area contributed by atoms with Crippen LogP contribution >= 0.6 is 0 Å². The van der Waals surface area contributed by atoms with Gasteiger partial charge in [0, 0.05) is 37.6 Å². The van der Waals surface area contributed by atoms with Crippen LogP contribution in [0.1, 0.15) is 11.1 Å². The first-order chi connectivity index (χ1) is 16.1. The summed E-state index contributed by atoms with van der Waals surface area (Å²) in [5, 5.41) is 2.86. The van der Waals surface area contributed by atoms with Gasteiger partial charge in [0.15, 0.2) is 6.61 Å². The monoisotopic (exact) mass is 443 g/mol. The number of nitrogens with one attached hydrogen (secondary N) is 1. The topological polar surface area (TPSA) is 61.9 Å². The number of carbonyl (C=O) groups excluding carboxylic acids is 2. The number of hydrogen-bond donors (Lipinski definition) is 1. The highest BCUT2D eigenvalue weighted by atomic mass is 16.5. The van der Waals surface area contributed by atoms with E-state index in [4.69, 9.17) is 4.74 Å². The van der Waals surface area contributed by atoms with Crippen LogP contribution in [0.15, 0.2) is 78.9 Å². The number of anilines is 2. The van der Waals surface area contributed by atoms with Crippen LogP contribution < -0.4 is 15.0 Å². The van der Waals surface area contributed by atoms with Gasteiger partial charge in [-0.3, -0.25) is 9.59 Å². The molecule has 1 N–H and O–H groups in total. The second kappa shape index (κ2) is 10.7. The molecule has 6 nitrogen and oxygen atoms in total. The molecule has 0 unspecified atom stereocenters. The van der Waals surface area contributed by atoms with Crippen LogP contribution in [0.5, 0.6) is 5.75 Å². The van der Waals surface area contributed by atoms with E-state index in [1.54, 1.807) is 0 Å². The fraction of sp³-hybridized carbons (Fsp3) is 0.259. The summed E-state index contributed by atoms with van der Waals surface area (Å²) in [7, 11) is 0. The Hall–Kier alpha value is -3.80. The van der Waals surface area contributed by atoms with Crippen LogP contribution in [-0.4, -0.2) is 49.5 Å². The average Bonchev–Trinajstić information content (AvgIpc) is 2.84. The summed E-state index contributed by atoms with van der Waals surface area (Å²) >= 11 is 0. The van der Waals surface area contributed by atoms with Gasteiger partial charge in [-0.15, -0.1) is 0 Å². The van der Waals surface area contributed by atoms with E-state index < -0.39 is 0 Å². The lowest BCUT2D eigenvalue weighted by Gasteiger charge is -2.36. The highest BCUT2D eigenvalue weighted by Gasteiger charge is 2.21. The number of piperazine rings is 1. The molecule has 6 heteroatoms. The van der Waals surface area contributed by atoms with Crippen molar-refractivity contribution in [1.29, 1.82) is 0 Å². The Labute approximate surface area is 194 Å². The molecule has 1 saturated heterocycles. The van der Waals surface area contributed by atoms with Crippen LogP contribution in [-0.2, 0) is 16.0 Å². The van der Waals surface area contributed by atoms with Crippen LogP contribution in [0, 0.1) is 6.92 Å². The second-order valence-electron chi connectivity index (χ2n) is 8.23. The first kappa shape index (κ1) is 22.4. The summed E-state index contributed by atoms with van der Waals surface area (Å²) in [6.07, 6.45) is 0.448. The van der Waals surface area contributed by atoms with E-state index in [0.717, 1.165) is 30.0 Å². The predicted octanol–water partition coefficient (Wildman–Crippen LogP) is 3.90. The number of hydrogen-bond acceptors (Lipinski definition) is 4. The largest absolute Gasteiger partial charge is 0.484 e. The fourth-order valence-corrected chi connectivity index (χ4v) is 3.94. The molecule has 0 aromatic heterocycles. The van der Waals surface area contributed by atoms with Gasteiger partial charge in [-0.05, 0) is 48.9 Å². The Balaban J connectivity index is 1.23. The van der Waals surface area contributed by atoms with Gasteiger partial charge in [0.25, 0.3) is 5.91 Å². The number of benzene rings is 3. The molecule has 1 aliphatic rings. The molecule has 3 aromatic rings. The van der Waals surface area contributed by atoms with Crippen molar-refractivity contribution >= 4 is 23.2 Å². The summed E-state index contributed by atoms with van der Waals surface area (Å²) < 4.78 is 5.48. The number of rotatable bonds is 7. The molecular formula is C27H29N3O3. The third kappa shape index (κ3) is 6.35. The van der Waals surface area contributed by atoms with E-state index in [2.05, 4.69) is 16.3 Å². The van der Waals surface area contributed by atoms with Crippen LogP contribution in [0.4, 0.5) is 11.4 Å². The molecule has 0 saturated carbocycles. The Morgan fingerprint density at radius 2 is 1.61 bits per heavy atom.